The Labute approximate surface area is 112 Å². The molecule has 0 saturated carbocycles. The summed E-state index contributed by atoms with van der Waals surface area (Å²) in [5.74, 6) is 0.947. The SMILES string of the molecule is Cc1cnc(C)c(N2CC[C@H]3[C@@H](C2)NC(=O)N3C)n1. The lowest BCUT2D eigenvalue weighted by atomic mass is 10.0. The second-order valence-corrected chi connectivity index (χ2v) is 5.39. The van der Waals surface area contributed by atoms with Gasteiger partial charge in [-0.05, 0) is 20.3 Å². The van der Waals surface area contributed by atoms with E-state index in [2.05, 4.69) is 20.2 Å². The number of rotatable bonds is 1. The van der Waals surface area contributed by atoms with Crippen LogP contribution in [0.15, 0.2) is 6.20 Å². The number of aryl methyl sites for hydroxylation is 2. The summed E-state index contributed by atoms with van der Waals surface area (Å²) in [6.45, 7) is 5.65. The number of piperidine rings is 1. The van der Waals surface area contributed by atoms with Crippen LogP contribution in [0, 0.1) is 13.8 Å². The highest BCUT2D eigenvalue weighted by Gasteiger charge is 2.41. The second kappa shape index (κ2) is 4.36. The molecule has 0 radical (unpaired) electrons. The van der Waals surface area contributed by atoms with Gasteiger partial charge in [-0.25, -0.2) is 9.78 Å². The Hall–Kier alpha value is -1.85. The van der Waals surface area contributed by atoms with E-state index in [9.17, 15) is 4.79 Å². The molecule has 2 aliphatic heterocycles. The van der Waals surface area contributed by atoms with E-state index in [0.717, 1.165) is 36.7 Å². The molecule has 1 aromatic rings. The van der Waals surface area contributed by atoms with E-state index in [-0.39, 0.29) is 12.1 Å². The Kier molecular flexibility index (Phi) is 2.80. The third-order valence-corrected chi connectivity index (χ3v) is 4.05. The Balaban J connectivity index is 1.82. The van der Waals surface area contributed by atoms with Crippen molar-refractivity contribution >= 4 is 11.8 Å². The molecule has 3 heterocycles. The summed E-state index contributed by atoms with van der Waals surface area (Å²) in [7, 11) is 1.87. The number of aromatic nitrogens is 2. The van der Waals surface area contributed by atoms with Gasteiger partial charge in [0.25, 0.3) is 0 Å². The van der Waals surface area contributed by atoms with E-state index < -0.39 is 0 Å². The topological polar surface area (TPSA) is 61.4 Å². The Morgan fingerprint density at radius 2 is 2.21 bits per heavy atom. The van der Waals surface area contributed by atoms with E-state index in [1.165, 1.54) is 0 Å². The predicted molar refractivity (Wildman–Crippen MR) is 72.2 cm³/mol. The van der Waals surface area contributed by atoms with Crippen LogP contribution < -0.4 is 10.2 Å². The highest BCUT2D eigenvalue weighted by atomic mass is 16.2. The zero-order chi connectivity index (χ0) is 13.6. The van der Waals surface area contributed by atoms with Crippen molar-refractivity contribution in [3.8, 4) is 0 Å². The van der Waals surface area contributed by atoms with Crippen LogP contribution in [0.2, 0.25) is 0 Å². The molecule has 0 aromatic carbocycles. The quantitative estimate of drug-likeness (QED) is 0.808. The monoisotopic (exact) mass is 261 g/mol. The van der Waals surface area contributed by atoms with Crippen LogP contribution in [0.4, 0.5) is 10.6 Å². The predicted octanol–water partition coefficient (Wildman–Crippen LogP) is 0.696. The molecule has 0 aliphatic carbocycles. The van der Waals surface area contributed by atoms with Gasteiger partial charge >= 0.3 is 6.03 Å². The zero-order valence-electron chi connectivity index (χ0n) is 11.6. The number of carbonyl (C=O) groups excluding carboxylic acids is 1. The van der Waals surface area contributed by atoms with Crippen LogP contribution in [0.25, 0.3) is 0 Å². The van der Waals surface area contributed by atoms with Gasteiger partial charge in [0.1, 0.15) is 5.82 Å². The first-order valence-electron chi connectivity index (χ1n) is 6.65. The van der Waals surface area contributed by atoms with E-state index >= 15 is 0 Å². The lowest BCUT2D eigenvalue weighted by Gasteiger charge is -2.36. The van der Waals surface area contributed by atoms with Gasteiger partial charge in [0.05, 0.1) is 23.5 Å². The van der Waals surface area contributed by atoms with Crippen molar-refractivity contribution in [1.82, 2.24) is 20.2 Å². The van der Waals surface area contributed by atoms with Crippen LogP contribution >= 0.6 is 0 Å². The number of nitrogens with one attached hydrogen (secondary N) is 1. The highest BCUT2D eigenvalue weighted by Crippen LogP contribution is 2.25. The smallest absolute Gasteiger partial charge is 0.317 e. The Bertz CT molecular complexity index is 518. The van der Waals surface area contributed by atoms with E-state index in [0.29, 0.717) is 6.04 Å². The summed E-state index contributed by atoms with van der Waals surface area (Å²) in [6.07, 6.45) is 2.76. The summed E-state index contributed by atoms with van der Waals surface area (Å²) in [6, 6.07) is 0.527. The first-order valence-corrected chi connectivity index (χ1v) is 6.65. The number of nitrogens with zero attached hydrogens (tertiary/aromatic N) is 4. The van der Waals surface area contributed by atoms with E-state index in [1.54, 1.807) is 6.20 Å². The molecule has 6 nitrogen and oxygen atoms in total. The number of carbonyl (C=O) groups is 1. The molecule has 6 heteroatoms. The number of hydrogen-bond acceptors (Lipinski definition) is 4. The largest absolute Gasteiger partial charge is 0.353 e. The molecule has 0 spiro atoms. The van der Waals surface area contributed by atoms with Gasteiger partial charge in [-0.1, -0.05) is 0 Å². The first-order chi connectivity index (χ1) is 9.06. The molecule has 0 bridgehead atoms. The van der Waals surface area contributed by atoms with Crippen LogP contribution in [-0.2, 0) is 0 Å². The van der Waals surface area contributed by atoms with E-state index in [4.69, 9.17) is 0 Å². The van der Waals surface area contributed by atoms with Gasteiger partial charge in [0.15, 0.2) is 0 Å². The van der Waals surface area contributed by atoms with Crippen LogP contribution in [0.5, 0.6) is 0 Å². The van der Waals surface area contributed by atoms with Crippen LogP contribution in [0.1, 0.15) is 17.8 Å². The number of urea groups is 1. The number of likely N-dealkylation sites (N-methyl/N-ethyl adjacent to an activating group) is 1. The zero-order valence-corrected chi connectivity index (χ0v) is 11.6. The second-order valence-electron chi connectivity index (χ2n) is 5.39. The minimum absolute atomic E-state index is 0.0314. The fourth-order valence-corrected chi connectivity index (χ4v) is 2.97. The molecule has 2 saturated heterocycles. The Morgan fingerprint density at radius 3 is 3.00 bits per heavy atom. The maximum absolute atomic E-state index is 11.7. The fourth-order valence-electron chi connectivity index (χ4n) is 2.97. The number of fused-ring (bicyclic) bond motifs is 1. The van der Waals surface area contributed by atoms with Crippen molar-refractivity contribution in [3.05, 3.63) is 17.6 Å². The fraction of sp³-hybridized carbons (Fsp3) is 0.615. The molecule has 1 aromatic heterocycles. The summed E-state index contributed by atoms with van der Waals surface area (Å²) in [5, 5.41) is 3.04. The standard InChI is InChI=1S/C13H19N5O/c1-8-6-14-9(2)12(15-8)18-5-4-11-10(7-18)16-13(19)17(11)3/h6,10-11H,4-5,7H2,1-3H3,(H,16,19)/t10-,11+/m1/s1. The molecule has 3 rings (SSSR count). The molecule has 19 heavy (non-hydrogen) atoms. The lowest BCUT2D eigenvalue weighted by Crippen LogP contribution is -2.51. The minimum atomic E-state index is 0.0314. The maximum atomic E-state index is 11.7. The number of amides is 2. The molecular weight excluding hydrogens is 242 g/mol. The number of anilines is 1. The molecule has 2 fully saturated rings. The molecule has 102 valence electrons. The summed E-state index contributed by atoms with van der Waals surface area (Å²) in [4.78, 5) is 24.7. The van der Waals surface area contributed by atoms with Crippen molar-refractivity contribution < 1.29 is 4.79 Å². The van der Waals surface area contributed by atoms with Gasteiger partial charge in [-0.2, -0.15) is 0 Å². The summed E-state index contributed by atoms with van der Waals surface area (Å²) < 4.78 is 0. The molecule has 1 N–H and O–H groups in total. The maximum Gasteiger partial charge on any atom is 0.317 e. The molecular formula is C13H19N5O. The third-order valence-electron chi connectivity index (χ3n) is 4.05. The summed E-state index contributed by atoms with van der Waals surface area (Å²) in [5.41, 5.74) is 1.87. The Morgan fingerprint density at radius 1 is 1.42 bits per heavy atom. The van der Waals surface area contributed by atoms with Crippen molar-refractivity contribution in [1.29, 1.82) is 0 Å². The normalized spacial score (nSPS) is 26.4. The average Bonchev–Trinajstić information content (AvgIpc) is 2.67. The average molecular weight is 261 g/mol. The van der Waals surface area contributed by atoms with Crippen LogP contribution in [-0.4, -0.2) is 53.1 Å². The van der Waals surface area contributed by atoms with E-state index in [1.807, 2.05) is 25.8 Å². The van der Waals surface area contributed by atoms with Gasteiger partial charge in [0.2, 0.25) is 0 Å². The molecule has 0 unspecified atom stereocenters. The number of hydrogen-bond donors (Lipinski definition) is 1. The van der Waals surface area contributed by atoms with Crippen molar-refractivity contribution in [2.75, 3.05) is 25.0 Å². The molecule has 2 amide bonds. The third kappa shape index (κ3) is 2.01. The van der Waals surface area contributed by atoms with Crippen molar-refractivity contribution in [2.24, 2.45) is 0 Å². The lowest BCUT2D eigenvalue weighted by molar-refractivity contribution is 0.212. The highest BCUT2D eigenvalue weighted by molar-refractivity contribution is 5.77. The molecule has 2 aliphatic rings. The van der Waals surface area contributed by atoms with Crippen LogP contribution in [0.3, 0.4) is 0 Å². The van der Waals surface area contributed by atoms with Gasteiger partial charge in [-0.15, -0.1) is 0 Å². The van der Waals surface area contributed by atoms with Crippen molar-refractivity contribution in [2.45, 2.75) is 32.4 Å². The summed E-state index contributed by atoms with van der Waals surface area (Å²) >= 11 is 0. The van der Waals surface area contributed by atoms with Gasteiger partial charge < -0.3 is 15.1 Å². The first kappa shape index (κ1) is 12.2. The van der Waals surface area contributed by atoms with Gasteiger partial charge in [-0.3, -0.25) is 4.98 Å². The molecule has 2 atom stereocenters. The van der Waals surface area contributed by atoms with Gasteiger partial charge in [0, 0.05) is 26.3 Å². The minimum Gasteiger partial charge on any atom is -0.353 e. The van der Waals surface area contributed by atoms with Crippen molar-refractivity contribution in [3.63, 3.8) is 0 Å².